The van der Waals surface area contributed by atoms with Gasteiger partial charge in [-0.05, 0) is 38.1 Å². The average Bonchev–Trinajstić information content (AvgIpc) is 2.53. The third kappa shape index (κ3) is 3.81. The fourth-order valence-corrected chi connectivity index (χ4v) is 4.94. The first-order valence-corrected chi connectivity index (χ1v) is 10.1. The summed E-state index contributed by atoms with van der Waals surface area (Å²) in [4.78, 5) is -2.40. The van der Waals surface area contributed by atoms with Gasteiger partial charge in [0.2, 0.25) is 10.0 Å². The van der Waals surface area contributed by atoms with E-state index in [2.05, 4.69) is 5.32 Å². The number of nitrogens with one attached hydrogen (secondary N) is 1. The minimum Gasteiger partial charge on any atom is -0.317 e. The summed E-state index contributed by atoms with van der Waals surface area (Å²) in [6.45, 7) is 0.235. The molecular formula is C13H16F4N2O4S2. The van der Waals surface area contributed by atoms with Gasteiger partial charge >= 0.3 is 5.51 Å². The zero-order valence-electron chi connectivity index (χ0n) is 13.0. The van der Waals surface area contributed by atoms with E-state index < -0.39 is 41.0 Å². The van der Waals surface area contributed by atoms with Crippen molar-refractivity contribution >= 4 is 19.9 Å². The van der Waals surface area contributed by atoms with E-state index in [1.807, 2.05) is 0 Å². The highest BCUT2D eigenvalue weighted by Gasteiger charge is 2.48. The van der Waals surface area contributed by atoms with Crippen molar-refractivity contribution in [2.24, 2.45) is 0 Å². The maximum Gasteiger partial charge on any atom is 0.502 e. The molecule has 1 aliphatic heterocycles. The molecular weight excluding hydrogens is 388 g/mol. The van der Waals surface area contributed by atoms with Crippen LogP contribution in [0.25, 0.3) is 0 Å². The van der Waals surface area contributed by atoms with Gasteiger partial charge in [0, 0.05) is 19.1 Å². The minimum absolute atomic E-state index is 0.112. The lowest BCUT2D eigenvalue weighted by molar-refractivity contribution is -0.0437. The van der Waals surface area contributed by atoms with Gasteiger partial charge in [-0.15, -0.1) is 0 Å². The van der Waals surface area contributed by atoms with Crippen LogP contribution in [-0.4, -0.2) is 52.8 Å². The van der Waals surface area contributed by atoms with E-state index in [9.17, 15) is 34.4 Å². The van der Waals surface area contributed by atoms with Crippen LogP contribution in [-0.2, 0) is 19.9 Å². The number of rotatable bonds is 4. The van der Waals surface area contributed by atoms with Gasteiger partial charge in [-0.1, -0.05) is 0 Å². The van der Waals surface area contributed by atoms with Crippen molar-refractivity contribution in [3.05, 3.63) is 24.0 Å². The number of alkyl halides is 3. The highest BCUT2D eigenvalue weighted by Crippen LogP contribution is 2.33. The van der Waals surface area contributed by atoms with Crippen LogP contribution in [0.15, 0.2) is 28.0 Å². The Morgan fingerprint density at radius 3 is 2.16 bits per heavy atom. The van der Waals surface area contributed by atoms with E-state index in [1.54, 1.807) is 7.05 Å². The minimum atomic E-state index is -6.00. The lowest BCUT2D eigenvalue weighted by Gasteiger charge is -2.31. The fraction of sp³-hybridized carbons (Fsp3) is 0.538. The smallest absolute Gasteiger partial charge is 0.317 e. The predicted molar refractivity (Wildman–Crippen MR) is 80.5 cm³/mol. The van der Waals surface area contributed by atoms with Gasteiger partial charge in [-0.2, -0.15) is 17.5 Å². The van der Waals surface area contributed by atoms with Crippen LogP contribution in [0, 0.1) is 5.82 Å². The Bertz CT molecular complexity index is 845. The second kappa shape index (κ2) is 6.82. The fourth-order valence-electron chi connectivity index (χ4n) is 2.51. The van der Waals surface area contributed by atoms with Crippen LogP contribution in [0.1, 0.15) is 12.8 Å². The second-order valence-corrected chi connectivity index (χ2v) is 9.36. The third-order valence-electron chi connectivity index (χ3n) is 4.00. The van der Waals surface area contributed by atoms with Gasteiger partial charge in [0.25, 0.3) is 9.84 Å². The Hall–Kier alpha value is -1.24. The third-order valence-corrected chi connectivity index (χ3v) is 7.39. The molecule has 12 heteroatoms. The van der Waals surface area contributed by atoms with Crippen molar-refractivity contribution in [3.63, 3.8) is 0 Å². The zero-order valence-corrected chi connectivity index (χ0v) is 14.7. The molecule has 6 nitrogen and oxygen atoms in total. The lowest BCUT2D eigenvalue weighted by atomic mass is 10.1. The lowest BCUT2D eigenvalue weighted by Crippen LogP contribution is -2.43. The van der Waals surface area contributed by atoms with Crippen LogP contribution in [0.2, 0.25) is 0 Å². The van der Waals surface area contributed by atoms with Gasteiger partial charge in [-0.25, -0.2) is 21.2 Å². The largest absolute Gasteiger partial charge is 0.502 e. The summed E-state index contributed by atoms with van der Waals surface area (Å²) in [5, 5.41) is 2.99. The molecule has 0 spiro atoms. The Labute approximate surface area is 142 Å². The van der Waals surface area contributed by atoms with Crippen molar-refractivity contribution in [2.75, 3.05) is 20.1 Å². The molecule has 1 aromatic carbocycles. The molecule has 0 bridgehead atoms. The number of sulfone groups is 1. The second-order valence-electron chi connectivity index (χ2n) is 5.51. The van der Waals surface area contributed by atoms with Crippen LogP contribution in [0.4, 0.5) is 17.6 Å². The number of piperidine rings is 1. The van der Waals surface area contributed by atoms with E-state index >= 15 is 0 Å². The van der Waals surface area contributed by atoms with E-state index in [0.29, 0.717) is 18.9 Å². The van der Waals surface area contributed by atoms with Crippen molar-refractivity contribution < 1.29 is 34.4 Å². The van der Waals surface area contributed by atoms with Gasteiger partial charge in [0.15, 0.2) is 0 Å². The molecule has 0 unspecified atom stereocenters. The summed E-state index contributed by atoms with van der Waals surface area (Å²) in [6, 6.07) is 1.49. The van der Waals surface area contributed by atoms with Gasteiger partial charge < -0.3 is 5.32 Å². The first kappa shape index (κ1) is 20.1. The Balaban J connectivity index is 2.43. The maximum atomic E-state index is 13.6. The van der Waals surface area contributed by atoms with Gasteiger partial charge in [-0.3, -0.25) is 0 Å². The van der Waals surface area contributed by atoms with E-state index in [1.165, 1.54) is 0 Å². The monoisotopic (exact) mass is 404 g/mol. The van der Waals surface area contributed by atoms with Crippen LogP contribution >= 0.6 is 0 Å². The summed E-state index contributed by atoms with van der Waals surface area (Å²) in [6.07, 6.45) is 0.981. The maximum absolute atomic E-state index is 13.6. The molecule has 0 atom stereocenters. The van der Waals surface area contributed by atoms with Crippen molar-refractivity contribution in [2.45, 2.75) is 34.2 Å². The summed E-state index contributed by atoms with van der Waals surface area (Å²) < 4.78 is 101. The molecule has 25 heavy (non-hydrogen) atoms. The molecule has 1 heterocycles. The Morgan fingerprint density at radius 2 is 1.68 bits per heavy atom. The van der Waals surface area contributed by atoms with E-state index in [4.69, 9.17) is 0 Å². The average molecular weight is 404 g/mol. The number of hydrogen-bond donors (Lipinski definition) is 1. The normalized spacial score (nSPS) is 18.4. The molecule has 0 radical (unpaired) electrons. The number of halogens is 4. The van der Waals surface area contributed by atoms with E-state index in [-0.39, 0.29) is 25.2 Å². The quantitative estimate of drug-likeness (QED) is 0.769. The van der Waals surface area contributed by atoms with Crippen molar-refractivity contribution in [1.29, 1.82) is 0 Å². The molecule has 1 N–H and O–H groups in total. The highest BCUT2D eigenvalue weighted by atomic mass is 32.2. The number of nitrogens with zero attached hydrogens (tertiary/aromatic N) is 1. The standard InChI is InChI=1S/C13H16F4N2O4S2/c1-18-9-4-6-19(7-5-9)25(22,23)10-2-3-11(14)12(8-10)24(20,21)13(15,16)17/h2-3,8-9,18H,4-7H2,1H3. The van der Waals surface area contributed by atoms with Crippen LogP contribution in [0.5, 0.6) is 0 Å². The molecule has 142 valence electrons. The molecule has 0 aliphatic carbocycles. The summed E-state index contributed by atoms with van der Waals surface area (Å²) in [7, 11) is -8.51. The molecule has 1 aromatic rings. The molecule has 0 saturated carbocycles. The molecule has 2 rings (SSSR count). The SMILES string of the molecule is CNC1CCN(S(=O)(=O)c2ccc(F)c(S(=O)(=O)C(F)(F)F)c2)CC1. The van der Waals surface area contributed by atoms with Crippen LogP contribution < -0.4 is 5.32 Å². The first-order chi connectivity index (χ1) is 11.4. The first-order valence-electron chi connectivity index (χ1n) is 7.19. The van der Waals surface area contributed by atoms with Gasteiger partial charge in [0.1, 0.15) is 10.7 Å². The molecule has 1 fully saturated rings. The summed E-state index contributed by atoms with van der Waals surface area (Å²) in [5.74, 6) is -1.66. The van der Waals surface area contributed by atoms with E-state index in [0.717, 1.165) is 10.4 Å². The number of hydrogen-bond acceptors (Lipinski definition) is 5. The molecule has 0 amide bonds. The molecule has 1 aliphatic rings. The van der Waals surface area contributed by atoms with Crippen LogP contribution in [0.3, 0.4) is 0 Å². The zero-order chi connectivity index (χ0) is 19.0. The van der Waals surface area contributed by atoms with Gasteiger partial charge in [0.05, 0.1) is 4.90 Å². The highest BCUT2D eigenvalue weighted by molar-refractivity contribution is 7.92. The van der Waals surface area contributed by atoms with Crippen molar-refractivity contribution in [1.82, 2.24) is 9.62 Å². The summed E-state index contributed by atoms with van der Waals surface area (Å²) in [5.41, 5.74) is -5.73. The van der Waals surface area contributed by atoms with Crippen molar-refractivity contribution in [3.8, 4) is 0 Å². The predicted octanol–water partition coefficient (Wildman–Crippen LogP) is 1.49. The Morgan fingerprint density at radius 1 is 1.12 bits per heavy atom. The Kier molecular flexibility index (Phi) is 5.47. The summed E-state index contributed by atoms with van der Waals surface area (Å²) >= 11 is 0. The number of benzene rings is 1. The molecule has 1 saturated heterocycles. The molecule has 0 aromatic heterocycles. The number of sulfonamides is 1. The topological polar surface area (TPSA) is 83.6 Å².